The van der Waals surface area contributed by atoms with Crippen molar-refractivity contribution in [1.82, 2.24) is 9.97 Å². The first-order chi connectivity index (χ1) is 13.1. The van der Waals surface area contributed by atoms with Crippen molar-refractivity contribution in [2.75, 3.05) is 17.2 Å². The Bertz CT molecular complexity index is 924. The van der Waals surface area contributed by atoms with Crippen molar-refractivity contribution in [1.29, 1.82) is 0 Å². The third-order valence-corrected chi connectivity index (χ3v) is 3.98. The summed E-state index contributed by atoms with van der Waals surface area (Å²) in [5, 5.41) is 5.88. The summed E-state index contributed by atoms with van der Waals surface area (Å²) in [4.78, 5) is 32.1. The molecule has 3 aromatic rings. The van der Waals surface area contributed by atoms with Gasteiger partial charge in [-0.1, -0.05) is 42.5 Å². The maximum Gasteiger partial charge on any atom is 0.258 e. The van der Waals surface area contributed by atoms with Crippen LogP contribution in [0.25, 0.3) is 0 Å². The van der Waals surface area contributed by atoms with E-state index in [-0.39, 0.29) is 11.7 Å². The lowest BCUT2D eigenvalue weighted by atomic mass is 10.1. The van der Waals surface area contributed by atoms with Gasteiger partial charge in [-0.15, -0.1) is 0 Å². The second-order valence-corrected chi connectivity index (χ2v) is 6.05. The highest BCUT2D eigenvalue weighted by molar-refractivity contribution is 6.04. The fourth-order valence-corrected chi connectivity index (χ4v) is 2.52. The highest BCUT2D eigenvalue weighted by atomic mass is 16.1. The molecule has 0 radical (unpaired) electrons. The maximum atomic E-state index is 12.3. The molecule has 0 fully saturated rings. The number of nitrogens with one attached hydrogen (secondary N) is 2. The zero-order valence-electron chi connectivity index (χ0n) is 15.0. The first-order valence-corrected chi connectivity index (χ1v) is 8.64. The summed E-state index contributed by atoms with van der Waals surface area (Å²) in [6, 6.07) is 16.9. The molecular weight excluding hydrogens is 340 g/mol. The summed E-state index contributed by atoms with van der Waals surface area (Å²) in [6.07, 6.45) is 3.81. The van der Waals surface area contributed by atoms with E-state index >= 15 is 0 Å². The molecule has 0 atom stereocenters. The maximum absolute atomic E-state index is 12.3. The van der Waals surface area contributed by atoms with Gasteiger partial charge in [0.1, 0.15) is 0 Å². The second-order valence-electron chi connectivity index (χ2n) is 6.05. The van der Waals surface area contributed by atoms with Gasteiger partial charge < -0.3 is 10.6 Å². The van der Waals surface area contributed by atoms with Crippen LogP contribution in [0.1, 0.15) is 33.2 Å². The highest BCUT2D eigenvalue weighted by Crippen LogP contribution is 2.13. The van der Waals surface area contributed by atoms with Crippen LogP contribution in [-0.2, 0) is 6.42 Å². The number of benzene rings is 2. The summed E-state index contributed by atoms with van der Waals surface area (Å²) in [5.41, 5.74) is 2.67. The fraction of sp³-hybridized carbons (Fsp3) is 0.143. The Kier molecular flexibility index (Phi) is 5.89. The Morgan fingerprint density at radius 1 is 0.926 bits per heavy atom. The molecule has 0 saturated carbocycles. The zero-order chi connectivity index (χ0) is 19.1. The highest BCUT2D eigenvalue weighted by Gasteiger charge is 2.09. The van der Waals surface area contributed by atoms with Crippen molar-refractivity contribution in [3.8, 4) is 0 Å². The van der Waals surface area contributed by atoms with Crippen molar-refractivity contribution in [2.45, 2.75) is 13.3 Å². The Morgan fingerprint density at radius 3 is 2.37 bits per heavy atom. The van der Waals surface area contributed by atoms with Gasteiger partial charge in [-0.05, 0) is 31.0 Å². The average molecular weight is 360 g/mol. The van der Waals surface area contributed by atoms with Crippen LogP contribution in [0.3, 0.4) is 0 Å². The Hall–Kier alpha value is -3.54. The van der Waals surface area contributed by atoms with Crippen LogP contribution in [0.15, 0.2) is 67.0 Å². The first-order valence-electron chi connectivity index (χ1n) is 8.64. The predicted octanol–water partition coefficient (Wildman–Crippen LogP) is 3.59. The third kappa shape index (κ3) is 5.22. The molecule has 136 valence electrons. The molecule has 0 saturated heterocycles. The molecule has 0 aliphatic heterocycles. The third-order valence-electron chi connectivity index (χ3n) is 3.98. The van der Waals surface area contributed by atoms with Crippen molar-refractivity contribution >= 4 is 23.3 Å². The van der Waals surface area contributed by atoms with Crippen LogP contribution in [-0.4, -0.2) is 28.2 Å². The van der Waals surface area contributed by atoms with Gasteiger partial charge in [0.25, 0.3) is 5.91 Å². The van der Waals surface area contributed by atoms with Gasteiger partial charge in [-0.3, -0.25) is 9.59 Å². The van der Waals surface area contributed by atoms with Crippen LogP contribution in [0.2, 0.25) is 0 Å². The Balaban J connectivity index is 1.55. The average Bonchev–Trinajstić information content (AvgIpc) is 2.69. The first kappa shape index (κ1) is 18.3. The minimum atomic E-state index is -0.327. The van der Waals surface area contributed by atoms with Crippen LogP contribution in [0, 0.1) is 0 Å². The topological polar surface area (TPSA) is 84.0 Å². The number of rotatable bonds is 7. The molecule has 1 heterocycles. The number of aromatic nitrogens is 2. The molecule has 1 aromatic heterocycles. The molecule has 0 aliphatic carbocycles. The zero-order valence-corrected chi connectivity index (χ0v) is 15.0. The Morgan fingerprint density at radius 2 is 1.67 bits per heavy atom. The summed E-state index contributed by atoms with van der Waals surface area (Å²) in [6.45, 7) is 2.19. The molecule has 0 bridgehead atoms. The van der Waals surface area contributed by atoms with Crippen LogP contribution in [0.5, 0.6) is 0 Å². The van der Waals surface area contributed by atoms with Gasteiger partial charge >= 0.3 is 0 Å². The number of amides is 1. The van der Waals surface area contributed by atoms with E-state index in [1.807, 2.05) is 18.2 Å². The molecule has 27 heavy (non-hydrogen) atoms. The molecule has 0 aliphatic rings. The van der Waals surface area contributed by atoms with Crippen LogP contribution in [0.4, 0.5) is 11.6 Å². The minimum absolute atomic E-state index is 0.0552. The molecule has 6 nitrogen and oxygen atoms in total. The molecular formula is C21H20N4O2. The monoisotopic (exact) mass is 360 g/mol. The van der Waals surface area contributed by atoms with Crippen molar-refractivity contribution in [3.05, 3.63) is 83.7 Å². The number of nitrogens with zero attached hydrogens (tertiary/aromatic N) is 2. The number of hydrogen-bond donors (Lipinski definition) is 2. The fourth-order valence-electron chi connectivity index (χ4n) is 2.52. The van der Waals surface area contributed by atoms with Crippen molar-refractivity contribution in [2.24, 2.45) is 0 Å². The summed E-state index contributed by atoms with van der Waals surface area (Å²) in [7, 11) is 0. The molecule has 2 N–H and O–H groups in total. The van der Waals surface area contributed by atoms with Gasteiger partial charge in [0.05, 0.1) is 5.56 Å². The van der Waals surface area contributed by atoms with Gasteiger partial charge in [-0.25, -0.2) is 9.97 Å². The van der Waals surface area contributed by atoms with Gasteiger partial charge in [0, 0.05) is 30.2 Å². The SMILES string of the molecule is CC(=O)c1cccc(NC(=O)c2cnc(NCCc3ccccc3)nc2)c1. The molecule has 1 amide bonds. The molecule has 0 unspecified atom stereocenters. The Labute approximate surface area is 157 Å². The minimum Gasteiger partial charge on any atom is -0.354 e. The number of hydrogen-bond acceptors (Lipinski definition) is 5. The lowest BCUT2D eigenvalue weighted by Gasteiger charge is -2.07. The van der Waals surface area contributed by atoms with Crippen LogP contribution < -0.4 is 10.6 Å². The van der Waals surface area contributed by atoms with Gasteiger partial charge in [0.15, 0.2) is 5.78 Å². The van der Waals surface area contributed by atoms with Gasteiger partial charge in [0.2, 0.25) is 5.95 Å². The van der Waals surface area contributed by atoms with Crippen molar-refractivity contribution < 1.29 is 9.59 Å². The number of ketones is 1. The lowest BCUT2D eigenvalue weighted by molar-refractivity contribution is 0.101. The molecule has 3 rings (SSSR count). The van der Waals surface area contributed by atoms with E-state index in [0.29, 0.717) is 29.3 Å². The van der Waals surface area contributed by atoms with E-state index < -0.39 is 0 Å². The summed E-state index contributed by atoms with van der Waals surface area (Å²) >= 11 is 0. The van der Waals surface area contributed by atoms with E-state index in [2.05, 4.69) is 32.7 Å². The van der Waals surface area contributed by atoms with Crippen LogP contribution >= 0.6 is 0 Å². The molecule has 0 spiro atoms. The second kappa shape index (κ2) is 8.71. The molecule has 2 aromatic carbocycles. The number of Topliss-reactive ketones (excluding diaryl/α,β-unsaturated/α-hetero) is 1. The normalized spacial score (nSPS) is 10.3. The summed E-state index contributed by atoms with van der Waals surface area (Å²) in [5.74, 6) is 0.0907. The number of anilines is 2. The largest absolute Gasteiger partial charge is 0.354 e. The van der Waals surface area contributed by atoms with E-state index in [1.165, 1.54) is 24.9 Å². The number of carbonyl (C=O) groups excluding carboxylic acids is 2. The predicted molar refractivity (Wildman–Crippen MR) is 105 cm³/mol. The van der Waals surface area contributed by atoms with E-state index in [4.69, 9.17) is 0 Å². The van der Waals surface area contributed by atoms with E-state index in [0.717, 1.165) is 6.42 Å². The standard InChI is InChI=1S/C21H20N4O2/c1-15(26)17-8-5-9-19(12-17)25-20(27)18-13-23-21(24-14-18)22-11-10-16-6-3-2-4-7-16/h2-9,12-14H,10-11H2,1H3,(H,25,27)(H,22,23,24). The molecule has 6 heteroatoms. The van der Waals surface area contributed by atoms with E-state index in [9.17, 15) is 9.59 Å². The smallest absolute Gasteiger partial charge is 0.258 e. The quantitative estimate of drug-likeness (QED) is 0.629. The number of carbonyl (C=O) groups is 2. The lowest BCUT2D eigenvalue weighted by Crippen LogP contribution is -2.14. The van der Waals surface area contributed by atoms with Gasteiger partial charge in [-0.2, -0.15) is 0 Å². The van der Waals surface area contributed by atoms with E-state index in [1.54, 1.807) is 24.3 Å². The van der Waals surface area contributed by atoms with Crippen molar-refractivity contribution in [3.63, 3.8) is 0 Å². The summed E-state index contributed by atoms with van der Waals surface area (Å²) < 4.78 is 0.